The molecular formula is C25H28N4O3. The summed E-state index contributed by atoms with van der Waals surface area (Å²) < 4.78 is 6.82. The summed E-state index contributed by atoms with van der Waals surface area (Å²) in [6.45, 7) is 11.4. The molecule has 0 fully saturated rings. The Morgan fingerprint density at radius 2 is 2.06 bits per heavy atom. The fourth-order valence-electron chi connectivity index (χ4n) is 4.00. The molecule has 0 aliphatic carbocycles. The fraction of sp³-hybridized carbons (Fsp3) is 0.240. The number of carbonyl (C=O) groups excluding carboxylic acids is 1. The van der Waals surface area contributed by atoms with Crippen LogP contribution in [0.2, 0.25) is 0 Å². The molecule has 1 aromatic carbocycles. The minimum absolute atomic E-state index is 0.0646. The number of allylic oxidation sites excluding steroid dienone is 6. The van der Waals surface area contributed by atoms with Gasteiger partial charge in [-0.25, -0.2) is 14.2 Å². The molecule has 1 atom stereocenters. The van der Waals surface area contributed by atoms with Gasteiger partial charge in [0.15, 0.2) is 0 Å². The zero-order chi connectivity index (χ0) is 23.4. The van der Waals surface area contributed by atoms with Crippen LogP contribution in [0.15, 0.2) is 71.2 Å². The number of esters is 1. The number of nitrogens with zero attached hydrogens (tertiary/aromatic N) is 2. The highest BCUT2D eigenvalue weighted by Gasteiger charge is 2.37. The highest BCUT2D eigenvalue weighted by atomic mass is 16.5. The van der Waals surface area contributed by atoms with E-state index in [1.807, 2.05) is 44.2 Å². The molecule has 1 aromatic heterocycles. The van der Waals surface area contributed by atoms with Crippen molar-refractivity contribution in [2.75, 3.05) is 17.7 Å². The molecule has 1 aliphatic heterocycles. The Bertz CT molecular complexity index is 1220. The molecule has 1 unspecified atom stereocenters. The minimum atomic E-state index is -0.554. The van der Waals surface area contributed by atoms with Crippen molar-refractivity contribution in [1.82, 2.24) is 9.55 Å². The third-order valence-corrected chi connectivity index (χ3v) is 5.33. The lowest BCUT2D eigenvalue weighted by Gasteiger charge is -2.33. The highest BCUT2D eigenvalue weighted by molar-refractivity contribution is 5.95. The summed E-state index contributed by atoms with van der Waals surface area (Å²) in [5.41, 5.74) is 9.79. The van der Waals surface area contributed by atoms with Crippen molar-refractivity contribution in [3.63, 3.8) is 0 Å². The second kappa shape index (κ2) is 9.51. The van der Waals surface area contributed by atoms with Crippen molar-refractivity contribution in [3.8, 4) is 0 Å². The van der Waals surface area contributed by atoms with Gasteiger partial charge in [-0.05, 0) is 51.0 Å². The predicted molar refractivity (Wildman–Crippen MR) is 128 cm³/mol. The Hall–Kier alpha value is -3.87. The van der Waals surface area contributed by atoms with Gasteiger partial charge in [0.05, 0.1) is 23.8 Å². The van der Waals surface area contributed by atoms with E-state index in [-0.39, 0.29) is 12.4 Å². The summed E-state index contributed by atoms with van der Waals surface area (Å²) in [6, 6.07) is 7.76. The molecule has 7 heteroatoms. The summed E-state index contributed by atoms with van der Waals surface area (Å²) in [7, 11) is 0. The Morgan fingerprint density at radius 1 is 1.34 bits per heavy atom. The summed E-state index contributed by atoms with van der Waals surface area (Å²) in [4.78, 5) is 30.1. The molecule has 166 valence electrons. The summed E-state index contributed by atoms with van der Waals surface area (Å²) in [5.74, 6) is -0.465. The Morgan fingerprint density at radius 3 is 2.69 bits per heavy atom. The molecule has 0 radical (unpaired) electrons. The lowest BCUT2D eigenvalue weighted by Crippen LogP contribution is -2.33. The van der Waals surface area contributed by atoms with Crippen LogP contribution in [-0.2, 0) is 9.53 Å². The zero-order valence-electron chi connectivity index (χ0n) is 18.8. The smallest absolute Gasteiger partial charge is 0.355 e. The number of ether oxygens (including phenoxy) is 1. The monoisotopic (exact) mass is 432 g/mol. The quantitative estimate of drug-likeness (QED) is 0.526. The van der Waals surface area contributed by atoms with Crippen molar-refractivity contribution < 1.29 is 9.53 Å². The van der Waals surface area contributed by atoms with Gasteiger partial charge >= 0.3 is 11.7 Å². The van der Waals surface area contributed by atoms with E-state index in [0.29, 0.717) is 28.3 Å². The first-order valence-corrected chi connectivity index (χ1v) is 10.4. The molecule has 0 spiro atoms. The second-order valence-corrected chi connectivity index (χ2v) is 7.38. The van der Waals surface area contributed by atoms with E-state index >= 15 is 0 Å². The maximum atomic E-state index is 13.0. The maximum Gasteiger partial charge on any atom is 0.355 e. The number of fused-ring (bicyclic) bond motifs is 1. The van der Waals surface area contributed by atoms with Crippen molar-refractivity contribution in [2.45, 2.75) is 33.6 Å². The lowest BCUT2D eigenvalue weighted by atomic mass is 9.80. The summed E-state index contributed by atoms with van der Waals surface area (Å²) in [5, 5.41) is 3.23. The van der Waals surface area contributed by atoms with Crippen LogP contribution in [0.3, 0.4) is 0 Å². The van der Waals surface area contributed by atoms with Crippen LogP contribution in [0.4, 0.5) is 11.6 Å². The molecule has 7 nitrogen and oxygen atoms in total. The number of nitrogen functional groups attached to an aromatic ring is 1. The first-order valence-electron chi connectivity index (χ1n) is 10.4. The van der Waals surface area contributed by atoms with Crippen molar-refractivity contribution in [2.24, 2.45) is 0 Å². The van der Waals surface area contributed by atoms with Crippen LogP contribution in [0.1, 0.15) is 43.4 Å². The van der Waals surface area contributed by atoms with E-state index in [2.05, 4.69) is 16.9 Å². The summed E-state index contributed by atoms with van der Waals surface area (Å²) >= 11 is 0. The predicted octanol–water partition coefficient (Wildman–Crippen LogP) is 4.13. The Balaban J connectivity index is 2.43. The Labute approximate surface area is 187 Å². The number of hydrogen-bond donors (Lipinski definition) is 2. The van der Waals surface area contributed by atoms with Crippen molar-refractivity contribution in [1.29, 1.82) is 0 Å². The van der Waals surface area contributed by atoms with Crippen LogP contribution in [-0.4, -0.2) is 22.1 Å². The van der Waals surface area contributed by atoms with Crippen LogP contribution in [0.5, 0.6) is 0 Å². The molecule has 3 N–H and O–H groups in total. The molecule has 2 aromatic rings. The van der Waals surface area contributed by atoms with E-state index in [0.717, 1.165) is 11.1 Å². The van der Waals surface area contributed by atoms with Gasteiger partial charge < -0.3 is 15.8 Å². The van der Waals surface area contributed by atoms with Crippen LogP contribution in [0.25, 0.3) is 5.70 Å². The molecule has 0 saturated carbocycles. The number of nitrogens with one attached hydrogen (secondary N) is 1. The van der Waals surface area contributed by atoms with Gasteiger partial charge in [0.25, 0.3) is 0 Å². The second-order valence-electron chi connectivity index (χ2n) is 7.38. The van der Waals surface area contributed by atoms with Crippen molar-refractivity contribution in [3.05, 3.63) is 93.6 Å². The van der Waals surface area contributed by atoms with Gasteiger partial charge in [0.2, 0.25) is 0 Å². The first kappa shape index (κ1) is 22.8. The van der Waals surface area contributed by atoms with Gasteiger partial charge in [0.1, 0.15) is 11.6 Å². The summed E-state index contributed by atoms with van der Waals surface area (Å²) in [6.07, 6.45) is 6.91. The average molecular weight is 433 g/mol. The molecule has 1 aliphatic rings. The molecule has 3 rings (SSSR count). The van der Waals surface area contributed by atoms with Gasteiger partial charge in [-0.15, -0.1) is 0 Å². The number of carbonyl (C=O) groups is 1. The van der Waals surface area contributed by atoms with E-state index in [1.165, 1.54) is 4.57 Å². The average Bonchev–Trinajstić information content (AvgIpc) is 2.73. The lowest BCUT2D eigenvalue weighted by molar-refractivity contribution is -0.138. The van der Waals surface area contributed by atoms with E-state index < -0.39 is 17.6 Å². The van der Waals surface area contributed by atoms with E-state index in [1.54, 1.807) is 32.1 Å². The van der Waals surface area contributed by atoms with Gasteiger partial charge in [-0.1, -0.05) is 43.0 Å². The number of aryl methyl sites for hydroxylation is 1. The van der Waals surface area contributed by atoms with E-state index in [4.69, 9.17) is 10.5 Å². The standard InChI is InChI=1S/C25H28N4O3/c1-6-11-17(12-7-2)29-23-21(22(26)28-25(29)31)20(18-14-10-9-13-15(18)4)19(16(5)27-23)24(30)32-8-3/h6-7,9-14,20,27H,1,8H2,2-5H3,(H2,26,28,31)/b12-7-,17-11+. The number of aromatic nitrogens is 2. The first-order chi connectivity index (χ1) is 15.3. The number of nitrogens with two attached hydrogens (primary N) is 1. The maximum absolute atomic E-state index is 13.0. The third-order valence-electron chi connectivity index (χ3n) is 5.33. The molecule has 0 saturated heterocycles. The number of benzene rings is 1. The van der Waals surface area contributed by atoms with Gasteiger partial charge in [-0.3, -0.25) is 0 Å². The van der Waals surface area contributed by atoms with Crippen LogP contribution < -0.4 is 16.7 Å². The zero-order valence-corrected chi connectivity index (χ0v) is 18.8. The molecule has 32 heavy (non-hydrogen) atoms. The molecule has 2 heterocycles. The SMILES string of the molecule is C=C/C=C(\C=C/C)n1c2c(c(N)nc1=O)C(c1ccccc1C)C(C(=O)OCC)=C(C)N2. The van der Waals surface area contributed by atoms with E-state index in [9.17, 15) is 9.59 Å². The number of hydrogen-bond acceptors (Lipinski definition) is 6. The minimum Gasteiger partial charge on any atom is -0.463 e. The number of rotatable bonds is 6. The molecule has 0 bridgehead atoms. The van der Waals surface area contributed by atoms with Crippen LogP contribution in [0, 0.1) is 6.92 Å². The number of anilines is 2. The molecule has 0 amide bonds. The van der Waals surface area contributed by atoms with Crippen LogP contribution >= 0.6 is 0 Å². The topological polar surface area (TPSA) is 99.2 Å². The normalized spacial score (nSPS) is 16.0. The van der Waals surface area contributed by atoms with Crippen molar-refractivity contribution >= 4 is 23.3 Å². The van der Waals surface area contributed by atoms with Gasteiger partial charge in [-0.2, -0.15) is 4.98 Å². The fourth-order valence-corrected chi connectivity index (χ4v) is 4.00. The highest BCUT2D eigenvalue weighted by Crippen LogP contribution is 2.45. The largest absolute Gasteiger partial charge is 0.463 e. The van der Waals surface area contributed by atoms with Gasteiger partial charge in [0, 0.05) is 11.3 Å². The molecular weight excluding hydrogens is 404 g/mol. The third kappa shape index (κ3) is 4.01. The Kier molecular flexibility index (Phi) is 6.78.